The van der Waals surface area contributed by atoms with Crippen molar-refractivity contribution in [1.29, 1.82) is 0 Å². The van der Waals surface area contributed by atoms with Crippen LogP contribution in [-0.2, 0) is 0 Å². The Morgan fingerprint density at radius 1 is 1.15 bits per heavy atom. The quantitative estimate of drug-likeness (QED) is 0.750. The molecule has 0 bridgehead atoms. The molecule has 1 N–H and O–H groups in total. The highest BCUT2D eigenvalue weighted by atomic mass is 16.2. The van der Waals surface area contributed by atoms with Crippen molar-refractivity contribution in [2.24, 2.45) is 0 Å². The minimum Gasteiger partial charge on any atom is -0.370 e. The highest BCUT2D eigenvalue weighted by molar-refractivity contribution is 5.94. The van der Waals surface area contributed by atoms with E-state index in [-0.39, 0.29) is 5.91 Å². The van der Waals surface area contributed by atoms with Crippen LogP contribution in [0.5, 0.6) is 0 Å². The van der Waals surface area contributed by atoms with Crippen molar-refractivity contribution in [3.8, 4) is 0 Å². The normalized spacial score (nSPS) is 10.3. The molecule has 0 aromatic carbocycles. The molecule has 0 atom stereocenters. The molecule has 0 saturated heterocycles. The van der Waals surface area contributed by atoms with Gasteiger partial charge < -0.3 is 10.2 Å². The minimum absolute atomic E-state index is 0.0995. The van der Waals surface area contributed by atoms with Gasteiger partial charge in [0.2, 0.25) is 0 Å². The van der Waals surface area contributed by atoms with Crippen molar-refractivity contribution < 1.29 is 4.79 Å². The van der Waals surface area contributed by atoms with Crippen LogP contribution in [0.25, 0.3) is 0 Å². The summed E-state index contributed by atoms with van der Waals surface area (Å²) in [6.45, 7) is 8.83. The average Bonchev–Trinajstić information content (AvgIpc) is 2.48. The van der Waals surface area contributed by atoms with Gasteiger partial charge in [-0.25, -0.2) is 4.98 Å². The Bertz CT molecular complexity index is 381. The van der Waals surface area contributed by atoms with Crippen LogP contribution in [0.3, 0.4) is 0 Å². The van der Waals surface area contributed by atoms with Gasteiger partial charge in [-0.05, 0) is 31.9 Å². The topological polar surface area (TPSA) is 45.2 Å². The van der Waals surface area contributed by atoms with Crippen molar-refractivity contribution in [2.45, 2.75) is 46.5 Å². The number of nitrogens with one attached hydrogen (secondary N) is 1. The van der Waals surface area contributed by atoms with Gasteiger partial charge >= 0.3 is 0 Å². The van der Waals surface area contributed by atoms with Gasteiger partial charge in [-0.2, -0.15) is 0 Å². The summed E-state index contributed by atoms with van der Waals surface area (Å²) in [5.74, 6) is 0.917. The van der Waals surface area contributed by atoms with E-state index in [2.05, 4.69) is 24.1 Å². The van der Waals surface area contributed by atoms with Crippen LogP contribution in [0, 0.1) is 0 Å². The molecule has 1 amide bonds. The van der Waals surface area contributed by atoms with Gasteiger partial charge in [-0.1, -0.05) is 26.7 Å². The van der Waals surface area contributed by atoms with E-state index < -0.39 is 0 Å². The third-order valence-electron chi connectivity index (χ3n) is 3.22. The SMILES string of the molecule is CCCCN(CCCC)C(=O)c1ccc(NCC)nc1. The lowest BCUT2D eigenvalue weighted by atomic mass is 10.2. The Labute approximate surface area is 122 Å². The van der Waals surface area contributed by atoms with Crippen molar-refractivity contribution in [1.82, 2.24) is 9.88 Å². The molecule has 0 saturated carbocycles. The number of carbonyl (C=O) groups excluding carboxylic acids is 1. The highest BCUT2D eigenvalue weighted by Gasteiger charge is 2.15. The minimum atomic E-state index is 0.0995. The number of hydrogen-bond acceptors (Lipinski definition) is 3. The van der Waals surface area contributed by atoms with Crippen molar-refractivity contribution >= 4 is 11.7 Å². The van der Waals surface area contributed by atoms with Gasteiger partial charge in [0, 0.05) is 25.8 Å². The van der Waals surface area contributed by atoms with Gasteiger partial charge in [0.05, 0.1) is 5.56 Å². The van der Waals surface area contributed by atoms with E-state index in [9.17, 15) is 4.79 Å². The maximum Gasteiger partial charge on any atom is 0.255 e. The molecule has 4 nitrogen and oxygen atoms in total. The Balaban J connectivity index is 2.71. The van der Waals surface area contributed by atoms with Crippen LogP contribution in [0.4, 0.5) is 5.82 Å². The second-order valence-corrected chi connectivity index (χ2v) is 4.96. The van der Waals surface area contributed by atoms with Gasteiger partial charge in [0.1, 0.15) is 5.82 Å². The first-order chi connectivity index (χ1) is 9.72. The van der Waals surface area contributed by atoms with E-state index in [0.717, 1.165) is 51.1 Å². The molecule has 0 spiro atoms. The standard InChI is InChI=1S/C16H27N3O/c1-4-7-11-19(12-8-5-2)16(20)14-9-10-15(17-6-3)18-13-14/h9-10,13H,4-8,11-12H2,1-3H3,(H,17,18). The second-order valence-electron chi connectivity index (χ2n) is 4.96. The highest BCUT2D eigenvalue weighted by Crippen LogP contribution is 2.10. The first-order valence-corrected chi connectivity index (χ1v) is 7.72. The Hall–Kier alpha value is -1.58. The van der Waals surface area contributed by atoms with Crippen LogP contribution in [-0.4, -0.2) is 35.4 Å². The number of aromatic nitrogens is 1. The van der Waals surface area contributed by atoms with Crippen LogP contribution >= 0.6 is 0 Å². The number of pyridine rings is 1. The lowest BCUT2D eigenvalue weighted by Crippen LogP contribution is -2.33. The first-order valence-electron chi connectivity index (χ1n) is 7.72. The summed E-state index contributed by atoms with van der Waals surface area (Å²) in [6.07, 6.45) is 5.99. The van der Waals surface area contributed by atoms with E-state index in [0.29, 0.717) is 5.56 Å². The third-order valence-corrected chi connectivity index (χ3v) is 3.22. The molecule has 0 radical (unpaired) electrons. The zero-order chi connectivity index (χ0) is 14.8. The maximum absolute atomic E-state index is 12.5. The van der Waals surface area contributed by atoms with Crippen molar-refractivity contribution in [2.75, 3.05) is 25.0 Å². The van der Waals surface area contributed by atoms with Gasteiger partial charge in [-0.15, -0.1) is 0 Å². The molecule has 1 rings (SSSR count). The molecule has 0 aliphatic rings. The molecule has 0 unspecified atom stereocenters. The number of hydrogen-bond donors (Lipinski definition) is 1. The van der Waals surface area contributed by atoms with Crippen LogP contribution in [0.1, 0.15) is 56.8 Å². The fourth-order valence-electron chi connectivity index (χ4n) is 2.00. The number of carbonyl (C=O) groups is 1. The second kappa shape index (κ2) is 9.34. The molecular formula is C16H27N3O. The predicted octanol–water partition coefficient (Wildman–Crippen LogP) is 3.56. The summed E-state index contributed by atoms with van der Waals surface area (Å²) in [4.78, 5) is 18.7. The third kappa shape index (κ3) is 5.19. The summed E-state index contributed by atoms with van der Waals surface area (Å²) in [7, 11) is 0. The summed E-state index contributed by atoms with van der Waals surface area (Å²) >= 11 is 0. The van der Waals surface area contributed by atoms with E-state index in [1.54, 1.807) is 6.20 Å². The number of amides is 1. The molecule has 1 heterocycles. The fourth-order valence-corrected chi connectivity index (χ4v) is 2.00. The number of nitrogens with zero attached hydrogens (tertiary/aromatic N) is 2. The maximum atomic E-state index is 12.5. The zero-order valence-electron chi connectivity index (χ0n) is 13.0. The predicted molar refractivity (Wildman–Crippen MR) is 84.1 cm³/mol. The molecule has 20 heavy (non-hydrogen) atoms. The molecule has 0 aliphatic heterocycles. The number of anilines is 1. The molecule has 4 heteroatoms. The molecule has 0 fully saturated rings. The van der Waals surface area contributed by atoms with Crippen molar-refractivity contribution in [3.63, 3.8) is 0 Å². The summed E-state index contributed by atoms with van der Waals surface area (Å²) in [5.41, 5.74) is 0.679. The Kier molecular flexibility index (Phi) is 7.70. The number of unbranched alkanes of at least 4 members (excludes halogenated alkanes) is 2. The van der Waals surface area contributed by atoms with E-state index in [4.69, 9.17) is 0 Å². The van der Waals surface area contributed by atoms with E-state index >= 15 is 0 Å². The van der Waals surface area contributed by atoms with Crippen LogP contribution in [0.2, 0.25) is 0 Å². The van der Waals surface area contributed by atoms with E-state index in [1.807, 2.05) is 24.0 Å². The largest absolute Gasteiger partial charge is 0.370 e. The van der Waals surface area contributed by atoms with Crippen molar-refractivity contribution in [3.05, 3.63) is 23.9 Å². The Morgan fingerprint density at radius 3 is 2.25 bits per heavy atom. The molecule has 1 aromatic rings. The van der Waals surface area contributed by atoms with E-state index in [1.165, 1.54) is 0 Å². The monoisotopic (exact) mass is 277 g/mol. The van der Waals surface area contributed by atoms with Gasteiger partial charge in [0.25, 0.3) is 5.91 Å². The molecule has 112 valence electrons. The molecule has 1 aromatic heterocycles. The zero-order valence-corrected chi connectivity index (χ0v) is 13.0. The first kappa shape index (κ1) is 16.5. The summed E-state index contributed by atoms with van der Waals surface area (Å²) in [6, 6.07) is 3.73. The summed E-state index contributed by atoms with van der Waals surface area (Å²) < 4.78 is 0. The smallest absolute Gasteiger partial charge is 0.255 e. The molecule has 0 aliphatic carbocycles. The average molecular weight is 277 g/mol. The fraction of sp³-hybridized carbons (Fsp3) is 0.625. The summed E-state index contributed by atoms with van der Waals surface area (Å²) in [5, 5.41) is 3.14. The van der Waals surface area contributed by atoms with Crippen LogP contribution < -0.4 is 5.32 Å². The van der Waals surface area contributed by atoms with Gasteiger partial charge in [0.15, 0.2) is 0 Å². The lowest BCUT2D eigenvalue weighted by Gasteiger charge is -2.22. The van der Waals surface area contributed by atoms with Crippen LogP contribution in [0.15, 0.2) is 18.3 Å². The lowest BCUT2D eigenvalue weighted by molar-refractivity contribution is 0.0750. The molecular weight excluding hydrogens is 250 g/mol. The Morgan fingerprint density at radius 2 is 1.80 bits per heavy atom. The van der Waals surface area contributed by atoms with Gasteiger partial charge in [-0.3, -0.25) is 4.79 Å². The number of rotatable bonds is 9.